The van der Waals surface area contributed by atoms with E-state index in [9.17, 15) is 12.8 Å². The molecule has 1 aliphatic rings. The Hall–Kier alpha value is -1.05. The summed E-state index contributed by atoms with van der Waals surface area (Å²) in [5.74, 6) is -0.826. The smallest absolute Gasteiger partial charge is 0.263 e. The molecule has 0 bridgehead atoms. The number of halogens is 1. The highest BCUT2D eigenvalue weighted by Crippen LogP contribution is 2.22. The van der Waals surface area contributed by atoms with Gasteiger partial charge in [0.2, 0.25) is 5.03 Å². The normalized spacial score (nSPS) is 21.9. The van der Waals surface area contributed by atoms with Crippen LogP contribution in [0.1, 0.15) is 6.42 Å². The first-order chi connectivity index (χ1) is 8.05. The summed E-state index contributed by atoms with van der Waals surface area (Å²) in [6.07, 6.45) is 1.75. The number of hydrogen-bond acceptors (Lipinski definition) is 4. The Morgan fingerprint density at radius 1 is 1.59 bits per heavy atom. The number of sulfonamides is 1. The molecule has 0 radical (unpaired) electrons. The van der Waals surface area contributed by atoms with E-state index in [1.54, 1.807) is 0 Å². The molecule has 0 saturated carbocycles. The molecule has 1 saturated heterocycles. The van der Waals surface area contributed by atoms with Crippen molar-refractivity contribution in [3.05, 3.63) is 24.1 Å². The van der Waals surface area contributed by atoms with Crippen LogP contribution in [0.5, 0.6) is 0 Å². The van der Waals surface area contributed by atoms with Crippen LogP contribution in [-0.2, 0) is 14.8 Å². The maximum absolute atomic E-state index is 13.4. The standard InChI is InChI=1S/C10H13FN2O3S/c1-16-8-4-6-13(7-8)17(14,15)10-9(11)3-2-5-12-10/h2-3,5,8H,4,6-7H2,1H3. The molecule has 0 spiro atoms. The molecule has 7 heteroatoms. The van der Waals surface area contributed by atoms with Crippen LogP contribution in [0.2, 0.25) is 0 Å². The van der Waals surface area contributed by atoms with Gasteiger partial charge in [-0.15, -0.1) is 0 Å². The van der Waals surface area contributed by atoms with Gasteiger partial charge in [0.25, 0.3) is 10.0 Å². The van der Waals surface area contributed by atoms with E-state index in [-0.39, 0.29) is 12.6 Å². The lowest BCUT2D eigenvalue weighted by Gasteiger charge is -2.15. The minimum atomic E-state index is -3.85. The van der Waals surface area contributed by atoms with Crippen LogP contribution in [0.15, 0.2) is 23.4 Å². The van der Waals surface area contributed by atoms with Crippen LogP contribution in [0.25, 0.3) is 0 Å². The summed E-state index contributed by atoms with van der Waals surface area (Å²) in [7, 11) is -2.32. The van der Waals surface area contributed by atoms with Gasteiger partial charge in [-0.2, -0.15) is 4.31 Å². The summed E-state index contributed by atoms with van der Waals surface area (Å²) in [6.45, 7) is 0.575. The molecule has 2 heterocycles. The minimum Gasteiger partial charge on any atom is -0.380 e. The van der Waals surface area contributed by atoms with Crippen molar-refractivity contribution >= 4 is 10.0 Å². The number of ether oxygens (including phenoxy) is 1. The molecule has 94 valence electrons. The number of methoxy groups -OCH3 is 1. The number of hydrogen-bond donors (Lipinski definition) is 0. The van der Waals surface area contributed by atoms with Gasteiger partial charge in [0.1, 0.15) is 0 Å². The Balaban J connectivity index is 2.29. The van der Waals surface area contributed by atoms with E-state index in [0.717, 1.165) is 6.07 Å². The number of aromatic nitrogens is 1. The molecule has 5 nitrogen and oxygen atoms in total. The summed E-state index contributed by atoms with van der Waals surface area (Å²) in [4.78, 5) is 3.60. The van der Waals surface area contributed by atoms with Crippen molar-refractivity contribution in [1.82, 2.24) is 9.29 Å². The summed E-state index contributed by atoms with van der Waals surface area (Å²) >= 11 is 0. The number of rotatable bonds is 3. The molecule has 0 amide bonds. The molecule has 1 aromatic heterocycles. The fraction of sp³-hybridized carbons (Fsp3) is 0.500. The summed E-state index contributed by atoms with van der Waals surface area (Å²) in [5, 5.41) is -0.517. The molecule has 0 N–H and O–H groups in total. The molecule has 1 atom stereocenters. The van der Waals surface area contributed by atoms with Crippen LogP contribution < -0.4 is 0 Å². The van der Waals surface area contributed by atoms with Gasteiger partial charge in [-0.1, -0.05) is 0 Å². The van der Waals surface area contributed by atoms with E-state index in [4.69, 9.17) is 4.74 Å². The van der Waals surface area contributed by atoms with Gasteiger partial charge in [0.05, 0.1) is 6.10 Å². The SMILES string of the molecule is COC1CCN(S(=O)(=O)c2ncccc2F)C1. The Bertz CT molecular complexity index is 506. The zero-order chi connectivity index (χ0) is 12.5. The van der Waals surface area contributed by atoms with Gasteiger partial charge >= 0.3 is 0 Å². The topological polar surface area (TPSA) is 59.5 Å². The van der Waals surface area contributed by atoms with E-state index in [0.29, 0.717) is 13.0 Å². The van der Waals surface area contributed by atoms with Gasteiger partial charge in [-0.25, -0.2) is 17.8 Å². The quantitative estimate of drug-likeness (QED) is 0.800. The van der Waals surface area contributed by atoms with Crippen molar-refractivity contribution in [2.45, 2.75) is 17.6 Å². The first-order valence-electron chi connectivity index (χ1n) is 5.19. The molecule has 0 aromatic carbocycles. The first-order valence-corrected chi connectivity index (χ1v) is 6.63. The molecule has 1 aromatic rings. The van der Waals surface area contributed by atoms with Gasteiger partial charge in [-0.3, -0.25) is 0 Å². The molecule has 0 aliphatic carbocycles. The Morgan fingerprint density at radius 2 is 2.35 bits per heavy atom. The number of nitrogens with zero attached hydrogens (tertiary/aromatic N) is 2. The van der Waals surface area contributed by atoms with E-state index in [1.807, 2.05) is 0 Å². The second-order valence-corrected chi connectivity index (χ2v) is 5.65. The second kappa shape index (κ2) is 4.67. The fourth-order valence-corrected chi connectivity index (χ4v) is 3.25. The van der Waals surface area contributed by atoms with E-state index < -0.39 is 20.9 Å². The number of pyridine rings is 1. The Kier molecular flexibility index (Phi) is 3.41. The Labute approximate surface area is 99.3 Å². The minimum absolute atomic E-state index is 0.128. The van der Waals surface area contributed by atoms with Crippen molar-refractivity contribution in [3.8, 4) is 0 Å². The van der Waals surface area contributed by atoms with Gasteiger partial charge < -0.3 is 4.74 Å². The zero-order valence-electron chi connectivity index (χ0n) is 9.34. The molecule has 1 unspecified atom stereocenters. The molecular formula is C10H13FN2O3S. The van der Waals surface area contributed by atoms with Crippen LogP contribution in [-0.4, -0.2) is 44.0 Å². The summed E-state index contributed by atoms with van der Waals surface area (Å²) in [6, 6.07) is 2.44. The van der Waals surface area contributed by atoms with E-state index in [2.05, 4.69) is 4.98 Å². The van der Waals surface area contributed by atoms with Crippen LogP contribution in [0.3, 0.4) is 0 Å². The van der Waals surface area contributed by atoms with Crippen LogP contribution >= 0.6 is 0 Å². The van der Waals surface area contributed by atoms with Crippen molar-refractivity contribution in [2.24, 2.45) is 0 Å². The average Bonchev–Trinajstić information content (AvgIpc) is 2.78. The Morgan fingerprint density at radius 3 is 2.94 bits per heavy atom. The molecule has 1 aliphatic heterocycles. The summed E-state index contributed by atoms with van der Waals surface area (Å²) in [5.41, 5.74) is 0. The van der Waals surface area contributed by atoms with Crippen LogP contribution in [0.4, 0.5) is 4.39 Å². The van der Waals surface area contributed by atoms with Crippen molar-refractivity contribution < 1.29 is 17.5 Å². The lowest BCUT2D eigenvalue weighted by atomic mass is 10.3. The first kappa shape index (κ1) is 12.4. The predicted molar refractivity (Wildman–Crippen MR) is 58.4 cm³/mol. The highest BCUT2D eigenvalue weighted by Gasteiger charge is 2.34. The van der Waals surface area contributed by atoms with E-state index in [1.165, 1.54) is 23.7 Å². The van der Waals surface area contributed by atoms with Crippen molar-refractivity contribution in [2.75, 3.05) is 20.2 Å². The monoisotopic (exact) mass is 260 g/mol. The third-order valence-electron chi connectivity index (χ3n) is 2.75. The van der Waals surface area contributed by atoms with Gasteiger partial charge in [0, 0.05) is 26.4 Å². The third kappa shape index (κ3) is 2.31. The highest BCUT2D eigenvalue weighted by molar-refractivity contribution is 7.89. The molecule has 1 fully saturated rings. The lowest BCUT2D eigenvalue weighted by molar-refractivity contribution is 0.115. The molecular weight excluding hydrogens is 247 g/mol. The predicted octanol–water partition coefficient (Wildman–Crippen LogP) is 0.630. The van der Waals surface area contributed by atoms with Crippen LogP contribution in [0, 0.1) is 5.82 Å². The third-order valence-corrected chi connectivity index (χ3v) is 4.55. The molecule has 17 heavy (non-hydrogen) atoms. The molecule has 2 rings (SSSR count). The van der Waals surface area contributed by atoms with Crippen molar-refractivity contribution in [1.29, 1.82) is 0 Å². The van der Waals surface area contributed by atoms with Gasteiger partial charge in [-0.05, 0) is 18.6 Å². The zero-order valence-corrected chi connectivity index (χ0v) is 10.2. The average molecular weight is 260 g/mol. The highest BCUT2D eigenvalue weighted by atomic mass is 32.2. The largest absolute Gasteiger partial charge is 0.380 e. The summed E-state index contributed by atoms with van der Waals surface area (Å²) < 4.78 is 43.9. The fourth-order valence-electron chi connectivity index (χ4n) is 1.79. The maximum atomic E-state index is 13.4. The maximum Gasteiger partial charge on any atom is 0.263 e. The van der Waals surface area contributed by atoms with E-state index >= 15 is 0 Å². The van der Waals surface area contributed by atoms with Crippen molar-refractivity contribution in [3.63, 3.8) is 0 Å². The lowest BCUT2D eigenvalue weighted by Crippen LogP contribution is -2.31. The second-order valence-electron chi connectivity index (χ2n) is 3.80. The van der Waals surface area contributed by atoms with Gasteiger partial charge in [0.15, 0.2) is 5.82 Å².